The molecule has 0 saturated carbocycles. The maximum atomic E-state index is 5.38. The van der Waals surface area contributed by atoms with E-state index in [-0.39, 0.29) is 0 Å². The zero-order chi connectivity index (χ0) is 13.7. The maximum absolute atomic E-state index is 5.38. The molecule has 0 spiro atoms. The fourth-order valence-electron chi connectivity index (χ4n) is 1.73. The molecule has 0 bridgehead atoms. The molecular formula is C13H16N2O3S. The highest BCUT2D eigenvalue weighted by atomic mass is 32.1. The molecule has 1 aromatic carbocycles. The molecule has 0 atom stereocenters. The molecule has 19 heavy (non-hydrogen) atoms. The number of aromatic nitrogens is 1. The lowest BCUT2D eigenvalue weighted by atomic mass is 10.1. The number of nitrogens with one attached hydrogen (secondary N) is 1. The van der Waals surface area contributed by atoms with Gasteiger partial charge in [-0.1, -0.05) is 0 Å². The van der Waals surface area contributed by atoms with E-state index in [2.05, 4.69) is 10.3 Å². The Morgan fingerprint density at radius 3 is 2.26 bits per heavy atom. The number of thiazole rings is 1. The molecule has 2 rings (SSSR count). The van der Waals surface area contributed by atoms with Crippen molar-refractivity contribution in [3.63, 3.8) is 0 Å². The van der Waals surface area contributed by atoms with Crippen LogP contribution in [0.4, 0.5) is 5.82 Å². The van der Waals surface area contributed by atoms with Crippen LogP contribution in [0, 0.1) is 0 Å². The van der Waals surface area contributed by atoms with Crippen LogP contribution >= 0.6 is 11.3 Å². The minimum Gasteiger partial charge on any atom is -0.496 e. The summed E-state index contributed by atoms with van der Waals surface area (Å²) in [6.07, 6.45) is 0. The first-order valence-corrected chi connectivity index (χ1v) is 6.63. The zero-order valence-corrected chi connectivity index (χ0v) is 11.9. The lowest BCUT2D eigenvalue weighted by molar-refractivity contribution is 0.369. The molecule has 0 amide bonds. The Labute approximate surface area is 116 Å². The molecule has 0 aliphatic carbocycles. The summed E-state index contributed by atoms with van der Waals surface area (Å²) in [5.41, 5.74) is 2.71. The van der Waals surface area contributed by atoms with Gasteiger partial charge in [0.25, 0.3) is 0 Å². The first-order valence-electron chi connectivity index (χ1n) is 5.69. The van der Waals surface area contributed by atoms with Crippen LogP contribution < -0.4 is 19.5 Å². The summed E-state index contributed by atoms with van der Waals surface area (Å²) in [5, 5.41) is 5.17. The summed E-state index contributed by atoms with van der Waals surface area (Å²) in [5.74, 6) is 2.98. The minimum absolute atomic E-state index is 0.570. The van der Waals surface area contributed by atoms with Gasteiger partial charge in [0, 0.05) is 24.1 Å². The smallest absolute Gasteiger partial charge is 0.137 e. The van der Waals surface area contributed by atoms with E-state index >= 15 is 0 Å². The van der Waals surface area contributed by atoms with Gasteiger partial charge in [0.2, 0.25) is 0 Å². The van der Waals surface area contributed by atoms with Gasteiger partial charge >= 0.3 is 0 Å². The summed E-state index contributed by atoms with van der Waals surface area (Å²) in [7, 11) is 4.86. The van der Waals surface area contributed by atoms with E-state index < -0.39 is 0 Å². The third-order valence-corrected chi connectivity index (χ3v) is 3.28. The van der Waals surface area contributed by atoms with Crippen LogP contribution in [0.3, 0.4) is 0 Å². The molecular weight excluding hydrogens is 264 g/mol. The third kappa shape index (κ3) is 3.08. The Morgan fingerprint density at radius 1 is 1.11 bits per heavy atom. The molecule has 102 valence electrons. The van der Waals surface area contributed by atoms with E-state index in [1.807, 2.05) is 17.5 Å². The fraction of sp³-hybridized carbons (Fsp3) is 0.308. The van der Waals surface area contributed by atoms with Crippen LogP contribution in [0.5, 0.6) is 17.2 Å². The van der Waals surface area contributed by atoms with Crippen molar-refractivity contribution in [1.29, 1.82) is 0 Å². The van der Waals surface area contributed by atoms with Crippen molar-refractivity contribution in [2.75, 3.05) is 26.6 Å². The Morgan fingerprint density at radius 2 is 1.79 bits per heavy atom. The number of ether oxygens (including phenoxy) is 3. The molecule has 0 aliphatic heterocycles. The topological polar surface area (TPSA) is 52.6 Å². The van der Waals surface area contributed by atoms with E-state index in [4.69, 9.17) is 14.2 Å². The first-order chi connectivity index (χ1) is 9.28. The maximum Gasteiger partial charge on any atom is 0.137 e. The Bertz CT molecular complexity index is 504. The number of benzene rings is 1. The number of anilines is 1. The van der Waals surface area contributed by atoms with Gasteiger partial charge in [-0.05, 0) is 0 Å². The van der Waals surface area contributed by atoms with E-state index in [9.17, 15) is 0 Å². The van der Waals surface area contributed by atoms with Crippen LogP contribution in [0.2, 0.25) is 0 Å². The highest BCUT2D eigenvalue weighted by Gasteiger charge is 2.13. The second-order valence-electron chi connectivity index (χ2n) is 3.74. The lowest BCUT2D eigenvalue weighted by Crippen LogP contribution is -2.04. The van der Waals surface area contributed by atoms with E-state index in [1.165, 1.54) is 0 Å². The summed E-state index contributed by atoms with van der Waals surface area (Å²) in [6.45, 7) is 0.570. The third-order valence-electron chi connectivity index (χ3n) is 2.70. The molecule has 5 nitrogen and oxygen atoms in total. The summed E-state index contributed by atoms with van der Waals surface area (Å²) in [6, 6.07) is 3.67. The Balaban J connectivity index is 2.26. The van der Waals surface area contributed by atoms with Gasteiger partial charge in [0.1, 0.15) is 23.1 Å². The van der Waals surface area contributed by atoms with Crippen molar-refractivity contribution in [2.24, 2.45) is 0 Å². The second-order valence-corrected chi connectivity index (χ2v) is 4.46. The molecule has 0 unspecified atom stereocenters. The van der Waals surface area contributed by atoms with Gasteiger partial charge in [-0.15, -0.1) is 11.3 Å². The molecule has 1 heterocycles. The van der Waals surface area contributed by atoms with Gasteiger partial charge in [-0.3, -0.25) is 0 Å². The van der Waals surface area contributed by atoms with E-state index in [0.717, 1.165) is 22.9 Å². The van der Waals surface area contributed by atoms with Crippen LogP contribution in [-0.4, -0.2) is 26.3 Å². The number of nitrogens with zero attached hydrogens (tertiary/aromatic N) is 1. The quantitative estimate of drug-likeness (QED) is 0.881. The van der Waals surface area contributed by atoms with Crippen molar-refractivity contribution < 1.29 is 14.2 Å². The predicted octanol–water partition coefficient (Wildman–Crippen LogP) is 2.78. The molecule has 1 N–H and O–H groups in total. The molecule has 0 saturated heterocycles. The van der Waals surface area contributed by atoms with Gasteiger partial charge in [0.05, 0.1) is 32.4 Å². The summed E-state index contributed by atoms with van der Waals surface area (Å²) < 4.78 is 16.0. The average molecular weight is 280 g/mol. The number of methoxy groups -OCH3 is 3. The Hall–Kier alpha value is -1.95. The van der Waals surface area contributed by atoms with Gasteiger partial charge in [0.15, 0.2) is 0 Å². The standard InChI is InChI=1S/C13H16N2O3S/c1-16-9-4-11(17-2)10(12(5-9)18-3)6-14-13-7-19-8-15-13/h4-5,7-8,14H,6H2,1-3H3. The largest absolute Gasteiger partial charge is 0.496 e. The predicted molar refractivity (Wildman–Crippen MR) is 75.5 cm³/mol. The van der Waals surface area contributed by atoms with Crippen LogP contribution in [-0.2, 0) is 6.54 Å². The highest BCUT2D eigenvalue weighted by Crippen LogP contribution is 2.34. The zero-order valence-electron chi connectivity index (χ0n) is 11.1. The van der Waals surface area contributed by atoms with Crippen LogP contribution in [0.25, 0.3) is 0 Å². The molecule has 1 aromatic heterocycles. The van der Waals surface area contributed by atoms with Gasteiger partial charge < -0.3 is 19.5 Å². The SMILES string of the molecule is COc1cc(OC)c(CNc2cscn2)c(OC)c1. The average Bonchev–Trinajstić information content (AvgIpc) is 2.97. The number of hydrogen-bond donors (Lipinski definition) is 1. The van der Waals surface area contributed by atoms with Crippen molar-refractivity contribution in [2.45, 2.75) is 6.54 Å². The van der Waals surface area contributed by atoms with E-state index in [1.54, 1.807) is 38.2 Å². The molecule has 0 radical (unpaired) electrons. The van der Waals surface area contributed by atoms with Gasteiger partial charge in [-0.2, -0.15) is 0 Å². The van der Waals surface area contributed by atoms with Crippen LogP contribution in [0.1, 0.15) is 5.56 Å². The molecule has 0 aliphatic rings. The fourth-order valence-corrected chi connectivity index (χ4v) is 2.24. The monoisotopic (exact) mass is 280 g/mol. The second kappa shape index (κ2) is 6.29. The van der Waals surface area contributed by atoms with Crippen molar-refractivity contribution in [3.05, 3.63) is 28.6 Å². The molecule has 2 aromatic rings. The van der Waals surface area contributed by atoms with Crippen LogP contribution in [0.15, 0.2) is 23.0 Å². The highest BCUT2D eigenvalue weighted by molar-refractivity contribution is 7.07. The van der Waals surface area contributed by atoms with E-state index in [0.29, 0.717) is 12.3 Å². The summed E-state index contributed by atoms with van der Waals surface area (Å²) in [4.78, 5) is 4.18. The molecule has 0 fully saturated rings. The number of rotatable bonds is 6. The summed E-state index contributed by atoms with van der Waals surface area (Å²) >= 11 is 1.54. The van der Waals surface area contributed by atoms with Crippen molar-refractivity contribution in [1.82, 2.24) is 4.98 Å². The van der Waals surface area contributed by atoms with Gasteiger partial charge in [-0.25, -0.2) is 4.98 Å². The van der Waals surface area contributed by atoms with Crippen molar-refractivity contribution in [3.8, 4) is 17.2 Å². The normalized spacial score (nSPS) is 10.1. The minimum atomic E-state index is 0.570. The lowest BCUT2D eigenvalue weighted by Gasteiger charge is -2.15. The number of hydrogen-bond acceptors (Lipinski definition) is 6. The van der Waals surface area contributed by atoms with Crippen molar-refractivity contribution >= 4 is 17.2 Å². The Kier molecular flexibility index (Phi) is 4.46. The molecule has 6 heteroatoms. The first kappa shape index (κ1) is 13.5.